The van der Waals surface area contributed by atoms with Crippen LogP contribution in [0.1, 0.15) is 11.4 Å². The molecule has 0 saturated carbocycles. The van der Waals surface area contributed by atoms with E-state index in [4.69, 9.17) is 4.74 Å². The first-order valence-corrected chi connectivity index (χ1v) is 10.9. The Labute approximate surface area is 189 Å². The summed E-state index contributed by atoms with van der Waals surface area (Å²) in [7, 11) is 1.63. The predicted molar refractivity (Wildman–Crippen MR) is 123 cm³/mol. The molecule has 1 heterocycles. The van der Waals surface area contributed by atoms with E-state index >= 15 is 0 Å². The van der Waals surface area contributed by atoms with Crippen molar-refractivity contribution in [3.05, 3.63) is 96.1 Å². The van der Waals surface area contributed by atoms with Gasteiger partial charge >= 0.3 is 0 Å². The van der Waals surface area contributed by atoms with E-state index < -0.39 is 5.82 Å². The average molecular weight is 449 g/mol. The van der Waals surface area contributed by atoms with E-state index in [9.17, 15) is 9.18 Å². The van der Waals surface area contributed by atoms with Crippen molar-refractivity contribution in [2.75, 3.05) is 18.2 Å². The smallest absolute Gasteiger partial charge is 0.234 e. The van der Waals surface area contributed by atoms with E-state index in [1.165, 1.54) is 23.9 Å². The van der Waals surface area contributed by atoms with Gasteiger partial charge in [0.25, 0.3) is 0 Å². The van der Waals surface area contributed by atoms with Crippen molar-refractivity contribution in [3.63, 3.8) is 0 Å². The molecule has 6 nitrogen and oxygen atoms in total. The maximum Gasteiger partial charge on any atom is 0.234 e. The second-order valence-corrected chi connectivity index (χ2v) is 7.85. The summed E-state index contributed by atoms with van der Waals surface area (Å²) in [5.41, 5.74) is 2.12. The van der Waals surface area contributed by atoms with Gasteiger partial charge in [0.2, 0.25) is 5.91 Å². The fourth-order valence-electron chi connectivity index (χ4n) is 3.15. The fraction of sp³-hybridized carbons (Fsp3) is 0.125. The lowest BCUT2D eigenvalue weighted by Crippen LogP contribution is -2.15. The van der Waals surface area contributed by atoms with E-state index in [0.29, 0.717) is 11.6 Å². The Morgan fingerprint density at radius 1 is 1.00 bits per heavy atom. The van der Waals surface area contributed by atoms with Gasteiger partial charge in [0, 0.05) is 12.1 Å². The highest BCUT2D eigenvalue weighted by molar-refractivity contribution is 7.99. The number of carbonyl (C=O) groups is 1. The van der Waals surface area contributed by atoms with Crippen LogP contribution in [0.15, 0.2) is 84.0 Å². The van der Waals surface area contributed by atoms with Crippen LogP contribution < -0.4 is 10.1 Å². The van der Waals surface area contributed by atoms with Crippen LogP contribution in [0.5, 0.6) is 5.75 Å². The van der Waals surface area contributed by atoms with Crippen LogP contribution >= 0.6 is 11.8 Å². The quantitative estimate of drug-likeness (QED) is 0.395. The second kappa shape index (κ2) is 10.1. The first-order chi connectivity index (χ1) is 15.6. The number of carbonyl (C=O) groups excluding carboxylic acids is 1. The standard InChI is InChI=1S/C24H21FN4O2S/c1-31-19-13-11-17(12-14-19)15-22-27-28-24(29(22)18-7-3-2-4-8-18)32-16-23(30)26-21-10-6-5-9-20(21)25/h2-14H,15-16H2,1H3,(H,26,30). The lowest BCUT2D eigenvalue weighted by Gasteiger charge is -2.11. The minimum absolute atomic E-state index is 0.0713. The van der Waals surface area contributed by atoms with Crippen LogP contribution in [0, 0.1) is 5.82 Å². The Bertz CT molecular complexity index is 1200. The number of hydrogen-bond acceptors (Lipinski definition) is 5. The average Bonchev–Trinajstić information content (AvgIpc) is 3.22. The molecule has 162 valence electrons. The number of rotatable bonds is 8. The lowest BCUT2D eigenvalue weighted by atomic mass is 10.1. The number of hydrogen-bond donors (Lipinski definition) is 1. The zero-order valence-corrected chi connectivity index (χ0v) is 18.2. The maximum atomic E-state index is 13.8. The molecule has 0 aliphatic rings. The molecule has 0 bridgehead atoms. The Hall–Kier alpha value is -3.65. The van der Waals surface area contributed by atoms with Gasteiger partial charge in [-0.05, 0) is 42.0 Å². The largest absolute Gasteiger partial charge is 0.497 e. The molecule has 0 unspecified atom stereocenters. The zero-order chi connectivity index (χ0) is 22.3. The molecule has 32 heavy (non-hydrogen) atoms. The van der Waals surface area contributed by atoms with Gasteiger partial charge in [-0.1, -0.05) is 54.2 Å². The summed E-state index contributed by atoms with van der Waals surface area (Å²) in [5, 5.41) is 11.9. The third-order valence-electron chi connectivity index (χ3n) is 4.72. The monoisotopic (exact) mass is 448 g/mol. The third kappa shape index (κ3) is 5.15. The Balaban J connectivity index is 1.54. The number of ether oxygens (including phenoxy) is 1. The first kappa shape index (κ1) is 21.6. The molecule has 0 aliphatic heterocycles. The number of halogens is 1. The van der Waals surface area contributed by atoms with Gasteiger partial charge in [-0.2, -0.15) is 0 Å². The number of thioether (sulfide) groups is 1. The van der Waals surface area contributed by atoms with Crippen LogP contribution in [0.4, 0.5) is 10.1 Å². The highest BCUT2D eigenvalue weighted by Crippen LogP contribution is 2.24. The van der Waals surface area contributed by atoms with Crippen LogP contribution in [0.3, 0.4) is 0 Å². The van der Waals surface area contributed by atoms with Crippen molar-refractivity contribution in [2.45, 2.75) is 11.6 Å². The molecule has 0 spiro atoms. The van der Waals surface area contributed by atoms with Gasteiger partial charge in [0.15, 0.2) is 5.16 Å². The van der Waals surface area contributed by atoms with Gasteiger partial charge < -0.3 is 10.1 Å². The van der Waals surface area contributed by atoms with Gasteiger partial charge in [-0.25, -0.2) is 4.39 Å². The maximum absolute atomic E-state index is 13.8. The zero-order valence-electron chi connectivity index (χ0n) is 17.4. The van der Waals surface area contributed by atoms with Crippen LogP contribution in [0.2, 0.25) is 0 Å². The fourth-order valence-corrected chi connectivity index (χ4v) is 3.92. The molecule has 0 saturated heterocycles. The molecule has 1 amide bonds. The van der Waals surface area contributed by atoms with E-state index in [2.05, 4.69) is 15.5 Å². The Morgan fingerprint density at radius 3 is 2.44 bits per heavy atom. The number of nitrogens with zero attached hydrogens (tertiary/aromatic N) is 3. The SMILES string of the molecule is COc1ccc(Cc2nnc(SCC(=O)Nc3ccccc3F)n2-c2ccccc2)cc1. The van der Waals surface area contributed by atoms with E-state index in [1.807, 2.05) is 59.2 Å². The molecular formula is C24H21FN4O2S. The van der Waals surface area contributed by atoms with Crippen molar-refractivity contribution < 1.29 is 13.9 Å². The van der Waals surface area contributed by atoms with Crippen LogP contribution in [-0.4, -0.2) is 33.5 Å². The Kier molecular flexibility index (Phi) is 6.81. The van der Waals surface area contributed by atoms with Gasteiger partial charge in [0.1, 0.15) is 17.4 Å². The van der Waals surface area contributed by atoms with Gasteiger partial charge in [-0.3, -0.25) is 9.36 Å². The summed E-state index contributed by atoms with van der Waals surface area (Å²) < 4.78 is 21.0. The lowest BCUT2D eigenvalue weighted by molar-refractivity contribution is -0.113. The third-order valence-corrected chi connectivity index (χ3v) is 5.65. The molecule has 1 aromatic heterocycles. The predicted octanol–water partition coefficient (Wildman–Crippen LogP) is 4.74. The Morgan fingerprint density at radius 2 is 1.72 bits per heavy atom. The molecule has 0 atom stereocenters. The number of methoxy groups -OCH3 is 1. The van der Waals surface area contributed by atoms with Crippen molar-refractivity contribution in [1.29, 1.82) is 0 Å². The molecule has 0 radical (unpaired) electrons. The normalized spacial score (nSPS) is 10.7. The number of anilines is 1. The van der Waals surface area contributed by atoms with Gasteiger partial charge in [0.05, 0.1) is 18.6 Å². The molecule has 1 N–H and O–H groups in total. The summed E-state index contributed by atoms with van der Waals surface area (Å²) in [6.07, 6.45) is 0.563. The summed E-state index contributed by atoms with van der Waals surface area (Å²) in [6.45, 7) is 0. The van der Waals surface area contributed by atoms with Crippen molar-refractivity contribution >= 4 is 23.4 Å². The molecule has 4 rings (SSSR count). The molecule has 8 heteroatoms. The number of amides is 1. The number of aromatic nitrogens is 3. The number of para-hydroxylation sites is 2. The minimum Gasteiger partial charge on any atom is -0.497 e. The van der Waals surface area contributed by atoms with E-state index in [-0.39, 0.29) is 17.3 Å². The molecule has 0 aliphatic carbocycles. The van der Waals surface area contributed by atoms with Crippen LogP contribution in [0.25, 0.3) is 5.69 Å². The molecule has 0 fully saturated rings. The van der Waals surface area contributed by atoms with Gasteiger partial charge in [-0.15, -0.1) is 10.2 Å². The molecular weight excluding hydrogens is 427 g/mol. The van der Waals surface area contributed by atoms with Crippen molar-refractivity contribution in [2.24, 2.45) is 0 Å². The van der Waals surface area contributed by atoms with Crippen LogP contribution in [-0.2, 0) is 11.2 Å². The molecule has 4 aromatic rings. The summed E-state index contributed by atoms with van der Waals surface area (Å²) in [5.74, 6) is 0.815. The number of nitrogens with one attached hydrogen (secondary N) is 1. The minimum atomic E-state index is -0.472. The van der Waals surface area contributed by atoms with Crippen molar-refractivity contribution in [1.82, 2.24) is 14.8 Å². The highest BCUT2D eigenvalue weighted by atomic mass is 32.2. The number of benzene rings is 3. The van der Waals surface area contributed by atoms with Crippen molar-refractivity contribution in [3.8, 4) is 11.4 Å². The topological polar surface area (TPSA) is 69.0 Å². The van der Waals surface area contributed by atoms with E-state index in [0.717, 1.165) is 22.8 Å². The molecule has 3 aromatic carbocycles. The summed E-state index contributed by atoms with van der Waals surface area (Å²) in [6, 6.07) is 23.6. The summed E-state index contributed by atoms with van der Waals surface area (Å²) in [4.78, 5) is 12.4. The van der Waals surface area contributed by atoms with E-state index in [1.54, 1.807) is 19.2 Å². The second-order valence-electron chi connectivity index (χ2n) is 6.91. The summed E-state index contributed by atoms with van der Waals surface area (Å²) >= 11 is 1.25. The first-order valence-electron chi connectivity index (χ1n) is 9.94. The highest BCUT2D eigenvalue weighted by Gasteiger charge is 2.17.